The second kappa shape index (κ2) is 5.14. The van der Waals surface area contributed by atoms with Gasteiger partial charge in [0.2, 0.25) is 0 Å². The van der Waals surface area contributed by atoms with Gasteiger partial charge in [0.1, 0.15) is 12.2 Å². The van der Waals surface area contributed by atoms with Crippen molar-refractivity contribution in [2.75, 3.05) is 6.54 Å². The van der Waals surface area contributed by atoms with Crippen LogP contribution in [0.25, 0.3) is 10.9 Å². The molecule has 1 heterocycles. The molecule has 0 fully saturated rings. The molecule has 0 radical (unpaired) electrons. The minimum absolute atomic E-state index is 0.349. The van der Waals surface area contributed by atoms with Gasteiger partial charge in [0.05, 0.1) is 0 Å². The second-order valence-electron chi connectivity index (χ2n) is 4.31. The number of carboxylic acids is 1. The lowest BCUT2D eigenvalue weighted by Crippen LogP contribution is -2.31. The Morgan fingerprint density at radius 2 is 2.00 bits per heavy atom. The summed E-state index contributed by atoms with van der Waals surface area (Å²) in [6.45, 7) is 4.12. The number of hydrogen-bond acceptors (Lipinski definition) is 2. The van der Waals surface area contributed by atoms with Gasteiger partial charge < -0.3 is 15.0 Å². The molecular weight excluding hydrogens is 244 g/mol. The Labute approximate surface area is 110 Å². The Bertz CT molecular complexity index is 643. The predicted octanol–water partition coefficient (Wildman–Crippen LogP) is 1.78. The Morgan fingerprint density at radius 3 is 2.63 bits per heavy atom. The van der Waals surface area contributed by atoms with Gasteiger partial charge >= 0.3 is 5.97 Å². The zero-order valence-electron chi connectivity index (χ0n) is 10.9. The molecule has 2 rings (SSSR count). The van der Waals surface area contributed by atoms with Gasteiger partial charge in [-0.1, -0.05) is 18.2 Å². The molecule has 5 heteroatoms. The lowest BCUT2D eigenvalue weighted by molar-refractivity contribution is -0.135. The van der Waals surface area contributed by atoms with Crippen LogP contribution in [0.15, 0.2) is 24.3 Å². The van der Waals surface area contributed by atoms with Crippen LogP contribution in [-0.4, -0.2) is 28.1 Å². The minimum Gasteiger partial charge on any atom is -0.480 e. The highest BCUT2D eigenvalue weighted by molar-refractivity contribution is 6.02. The molecule has 0 aliphatic heterocycles. The predicted molar refractivity (Wildman–Crippen MR) is 72.3 cm³/mol. The smallest absolute Gasteiger partial charge is 0.322 e. The van der Waals surface area contributed by atoms with Crippen LogP contribution < -0.4 is 5.32 Å². The fourth-order valence-electron chi connectivity index (χ4n) is 2.34. The van der Waals surface area contributed by atoms with Crippen molar-refractivity contribution < 1.29 is 14.7 Å². The van der Waals surface area contributed by atoms with Crippen molar-refractivity contribution in [2.45, 2.75) is 20.4 Å². The van der Waals surface area contributed by atoms with Crippen LogP contribution in [0.5, 0.6) is 0 Å². The summed E-state index contributed by atoms with van der Waals surface area (Å²) in [6.07, 6.45) is 0. The van der Waals surface area contributed by atoms with E-state index in [1.807, 2.05) is 42.7 Å². The van der Waals surface area contributed by atoms with Crippen molar-refractivity contribution in [3.8, 4) is 0 Å². The third-order valence-electron chi connectivity index (χ3n) is 3.16. The van der Waals surface area contributed by atoms with Gasteiger partial charge in [-0.15, -0.1) is 0 Å². The summed E-state index contributed by atoms with van der Waals surface area (Å²) in [5.74, 6) is -1.40. The molecule has 1 aromatic carbocycles. The number of fused-ring (bicyclic) bond motifs is 1. The number of rotatable bonds is 4. The summed E-state index contributed by atoms with van der Waals surface area (Å²) >= 11 is 0. The van der Waals surface area contributed by atoms with Crippen LogP contribution in [0.3, 0.4) is 0 Å². The van der Waals surface area contributed by atoms with Crippen LogP contribution in [0.4, 0.5) is 0 Å². The lowest BCUT2D eigenvalue weighted by Gasteiger charge is -2.08. The summed E-state index contributed by atoms with van der Waals surface area (Å²) in [6, 6.07) is 7.77. The summed E-state index contributed by atoms with van der Waals surface area (Å²) in [5, 5.41) is 12.1. The Morgan fingerprint density at radius 1 is 1.32 bits per heavy atom. The fraction of sp³-hybridized carbons (Fsp3) is 0.286. The first-order valence-corrected chi connectivity index (χ1v) is 6.14. The van der Waals surface area contributed by atoms with E-state index in [0.717, 1.165) is 16.5 Å². The monoisotopic (exact) mass is 260 g/mol. The number of carbonyl (C=O) groups is 2. The first-order valence-electron chi connectivity index (χ1n) is 6.14. The normalized spacial score (nSPS) is 10.6. The largest absolute Gasteiger partial charge is 0.480 e. The molecule has 0 spiro atoms. The minimum atomic E-state index is -1.05. The number of aromatic nitrogens is 1. The Balaban J connectivity index is 2.50. The molecular formula is C14H16N2O3. The molecule has 1 amide bonds. The van der Waals surface area contributed by atoms with Crippen LogP contribution in [0.1, 0.15) is 23.0 Å². The molecule has 0 unspecified atom stereocenters. The molecule has 0 aliphatic rings. The molecule has 100 valence electrons. The molecule has 0 saturated carbocycles. The number of carboxylic acid groups (broad SMARTS) is 1. The van der Waals surface area contributed by atoms with Gasteiger partial charge in [-0.25, -0.2) is 0 Å². The first-order chi connectivity index (χ1) is 9.06. The van der Waals surface area contributed by atoms with Crippen molar-refractivity contribution in [3.63, 3.8) is 0 Å². The maximum atomic E-state index is 12.1. The highest BCUT2D eigenvalue weighted by Gasteiger charge is 2.19. The summed E-state index contributed by atoms with van der Waals surface area (Å²) in [4.78, 5) is 22.6. The molecule has 0 bridgehead atoms. The number of nitrogens with one attached hydrogen (secondary N) is 1. The van der Waals surface area contributed by atoms with Crippen LogP contribution >= 0.6 is 0 Å². The van der Waals surface area contributed by atoms with Gasteiger partial charge in [-0.05, 0) is 25.5 Å². The van der Waals surface area contributed by atoms with Gasteiger partial charge in [-0.2, -0.15) is 0 Å². The van der Waals surface area contributed by atoms with Crippen LogP contribution in [0, 0.1) is 6.92 Å². The molecule has 19 heavy (non-hydrogen) atoms. The summed E-state index contributed by atoms with van der Waals surface area (Å²) in [5.41, 5.74) is 2.40. The van der Waals surface area contributed by atoms with E-state index in [1.165, 1.54) is 0 Å². The second-order valence-corrected chi connectivity index (χ2v) is 4.31. The first kappa shape index (κ1) is 13.1. The van der Waals surface area contributed by atoms with Crippen molar-refractivity contribution in [3.05, 3.63) is 35.5 Å². The lowest BCUT2D eigenvalue weighted by atomic mass is 10.1. The van der Waals surface area contributed by atoms with Gasteiger partial charge in [-0.3, -0.25) is 9.59 Å². The average Bonchev–Trinajstić information content (AvgIpc) is 2.69. The topological polar surface area (TPSA) is 71.3 Å². The number of hydrogen-bond donors (Lipinski definition) is 2. The molecule has 2 N–H and O–H groups in total. The SMILES string of the molecule is CCn1c(C(=O)NCC(=O)O)c(C)c2ccccc21. The van der Waals surface area contributed by atoms with E-state index in [0.29, 0.717) is 12.2 Å². The maximum Gasteiger partial charge on any atom is 0.322 e. The third kappa shape index (κ3) is 2.31. The number of carbonyl (C=O) groups excluding carboxylic acids is 1. The fourth-order valence-corrected chi connectivity index (χ4v) is 2.34. The van der Waals surface area contributed by atoms with Crippen LogP contribution in [-0.2, 0) is 11.3 Å². The number of nitrogens with zero attached hydrogens (tertiary/aromatic N) is 1. The highest BCUT2D eigenvalue weighted by atomic mass is 16.4. The van der Waals surface area contributed by atoms with Crippen molar-refractivity contribution >= 4 is 22.8 Å². The third-order valence-corrected chi connectivity index (χ3v) is 3.16. The van der Waals surface area contributed by atoms with E-state index >= 15 is 0 Å². The number of aryl methyl sites for hydroxylation is 2. The van der Waals surface area contributed by atoms with Gasteiger partial charge in [0.15, 0.2) is 0 Å². The molecule has 2 aromatic rings. The highest BCUT2D eigenvalue weighted by Crippen LogP contribution is 2.25. The Hall–Kier alpha value is -2.30. The van der Waals surface area contributed by atoms with E-state index in [2.05, 4.69) is 5.32 Å². The van der Waals surface area contributed by atoms with Crippen molar-refractivity contribution in [1.29, 1.82) is 0 Å². The zero-order valence-corrected chi connectivity index (χ0v) is 10.9. The van der Waals surface area contributed by atoms with Gasteiger partial charge in [0.25, 0.3) is 5.91 Å². The zero-order chi connectivity index (χ0) is 14.0. The summed E-state index contributed by atoms with van der Waals surface area (Å²) in [7, 11) is 0. The number of benzene rings is 1. The van der Waals surface area contributed by atoms with E-state index in [4.69, 9.17) is 5.11 Å². The van der Waals surface area contributed by atoms with E-state index in [9.17, 15) is 9.59 Å². The molecule has 0 atom stereocenters. The Kier molecular flexibility index (Phi) is 3.55. The maximum absolute atomic E-state index is 12.1. The van der Waals surface area contributed by atoms with E-state index < -0.39 is 5.97 Å². The average molecular weight is 260 g/mol. The standard InChI is InChI=1S/C14H16N2O3/c1-3-16-11-7-5-4-6-10(11)9(2)13(16)14(19)15-8-12(17)18/h4-7H,3,8H2,1-2H3,(H,15,19)(H,17,18). The number of para-hydroxylation sites is 1. The number of amides is 1. The van der Waals surface area contributed by atoms with Crippen LogP contribution in [0.2, 0.25) is 0 Å². The van der Waals surface area contributed by atoms with E-state index in [-0.39, 0.29) is 12.5 Å². The van der Waals surface area contributed by atoms with Gasteiger partial charge in [0, 0.05) is 17.4 Å². The molecule has 0 saturated heterocycles. The van der Waals surface area contributed by atoms with Crippen molar-refractivity contribution in [1.82, 2.24) is 9.88 Å². The number of aliphatic carboxylic acids is 1. The molecule has 5 nitrogen and oxygen atoms in total. The van der Waals surface area contributed by atoms with E-state index in [1.54, 1.807) is 0 Å². The molecule has 0 aliphatic carbocycles. The van der Waals surface area contributed by atoms with Crippen molar-refractivity contribution in [2.24, 2.45) is 0 Å². The quantitative estimate of drug-likeness (QED) is 0.880. The summed E-state index contributed by atoms with van der Waals surface area (Å²) < 4.78 is 1.90. The molecule has 1 aromatic heterocycles.